The molecule has 2 rings (SSSR count). The van der Waals surface area contributed by atoms with E-state index >= 15 is 0 Å². The fraction of sp³-hybridized carbons (Fsp3) is 0.167. The summed E-state index contributed by atoms with van der Waals surface area (Å²) in [7, 11) is 0. The van der Waals surface area contributed by atoms with E-state index in [-0.39, 0.29) is 5.28 Å². The maximum absolute atomic E-state index is 10.4. The molecule has 2 N–H and O–H groups in total. The zero-order chi connectivity index (χ0) is 8.55. The van der Waals surface area contributed by atoms with Crippen LogP contribution in [0.2, 0.25) is 5.28 Å². The van der Waals surface area contributed by atoms with Crippen LogP contribution >= 0.6 is 11.6 Å². The van der Waals surface area contributed by atoms with Gasteiger partial charge in [-0.05, 0) is 11.6 Å². The minimum atomic E-state index is -0.423. The lowest BCUT2D eigenvalue weighted by Crippen LogP contribution is -2.23. The fourth-order valence-corrected chi connectivity index (χ4v) is 1.13. The van der Waals surface area contributed by atoms with Gasteiger partial charge < -0.3 is 10.6 Å². The van der Waals surface area contributed by atoms with E-state index in [1.54, 1.807) is 0 Å². The SMILES string of the molecule is O=CC1Nc2cnc(Cl)nc2N1. The molecule has 0 amide bonds. The summed E-state index contributed by atoms with van der Waals surface area (Å²) in [5.41, 5.74) is 0.691. The minimum absolute atomic E-state index is 0.162. The molecule has 0 saturated carbocycles. The van der Waals surface area contributed by atoms with Gasteiger partial charge in [0, 0.05) is 0 Å². The number of aldehydes is 1. The monoisotopic (exact) mass is 184 g/mol. The van der Waals surface area contributed by atoms with Gasteiger partial charge in [0.2, 0.25) is 5.28 Å². The number of hydrogen-bond acceptors (Lipinski definition) is 5. The van der Waals surface area contributed by atoms with Crippen LogP contribution in [0.15, 0.2) is 6.20 Å². The van der Waals surface area contributed by atoms with Crippen molar-refractivity contribution < 1.29 is 4.79 Å². The Labute approximate surface area is 73.2 Å². The van der Waals surface area contributed by atoms with Gasteiger partial charge in [0.1, 0.15) is 0 Å². The van der Waals surface area contributed by atoms with Crippen molar-refractivity contribution in [2.75, 3.05) is 10.6 Å². The third kappa shape index (κ3) is 1.08. The Hall–Kier alpha value is -1.36. The first kappa shape index (κ1) is 7.30. The van der Waals surface area contributed by atoms with Crippen LogP contribution in [-0.4, -0.2) is 22.4 Å². The number of halogens is 1. The van der Waals surface area contributed by atoms with E-state index in [2.05, 4.69) is 20.6 Å². The molecule has 12 heavy (non-hydrogen) atoms. The number of carbonyl (C=O) groups is 1. The van der Waals surface area contributed by atoms with Gasteiger partial charge in [0.25, 0.3) is 0 Å². The van der Waals surface area contributed by atoms with E-state index in [4.69, 9.17) is 11.6 Å². The third-order valence-electron chi connectivity index (χ3n) is 1.50. The zero-order valence-electron chi connectivity index (χ0n) is 5.91. The van der Waals surface area contributed by atoms with Gasteiger partial charge in [0.05, 0.1) is 11.9 Å². The fourth-order valence-electron chi connectivity index (χ4n) is 0.995. The molecule has 62 valence electrons. The van der Waals surface area contributed by atoms with Crippen molar-refractivity contribution >= 4 is 29.4 Å². The smallest absolute Gasteiger partial charge is 0.224 e. The lowest BCUT2D eigenvalue weighted by molar-refractivity contribution is -0.107. The van der Waals surface area contributed by atoms with Crippen LogP contribution in [0.5, 0.6) is 0 Å². The van der Waals surface area contributed by atoms with Crippen molar-refractivity contribution in [1.82, 2.24) is 9.97 Å². The Balaban J connectivity index is 2.35. The van der Waals surface area contributed by atoms with Gasteiger partial charge >= 0.3 is 0 Å². The van der Waals surface area contributed by atoms with E-state index in [1.165, 1.54) is 6.20 Å². The Bertz CT molecular complexity index is 329. The summed E-state index contributed by atoms with van der Waals surface area (Å²) in [4.78, 5) is 18.0. The van der Waals surface area contributed by atoms with Crippen LogP contribution in [0.4, 0.5) is 11.5 Å². The number of nitrogens with one attached hydrogen (secondary N) is 2. The van der Waals surface area contributed by atoms with E-state index in [9.17, 15) is 4.79 Å². The van der Waals surface area contributed by atoms with Gasteiger partial charge in [-0.2, -0.15) is 4.98 Å². The molecule has 1 atom stereocenters. The Morgan fingerprint density at radius 1 is 1.58 bits per heavy atom. The lowest BCUT2D eigenvalue weighted by Gasteiger charge is -1.99. The van der Waals surface area contributed by atoms with Gasteiger partial charge in [-0.1, -0.05) is 0 Å². The molecule has 5 nitrogen and oxygen atoms in total. The highest BCUT2D eigenvalue weighted by Gasteiger charge is 2.20. The Morgan fingerprint density at radius 2 is 2.42 bits per heavy atom. The summed E-state index contributed by atoms with van der Waals surface area (Å²) in [5.74, 6) is 0.562. The molecule has 0 bridgehead atoms. The number of aromatic nitrogens is 2. The lowest BCUT2D eigenvalue weighted by atomic mass is 10.5. The molecule has 0 spiro atoms. The third-order valence-corrected chi connectivity index (χ3v) is 1.68. The van der Waals surface area contributed by atoms with Gasteiger partial charge in [-0.25, -0.2) is 4.98 Å². The van der Waals surface area contributed by atoms with Crippen LogP contribution in [-0.2, 0) is 4.79 Å². The summed E-state index contributed by atoms with van der Waals surface area (Å²) in [6, 6.07) is 0. The van der Waals surface area contributed by atoms with Gasteiger partial charge in [-0.15, -0.1) is 0 Å². The maximum Gasteiger partial charge on any atom is 0.224 e. The second-order valence-electron chi connectivity index (χ2n) is 2.30. The molecule has 1 aliphatic rings. The number of carbonyl (C=O) groups excluding carboxylic acids is 1. The van der Waals surface area contributed by atoms with Crippen LogP contribution in [0.1, 0.15) is 0 Å². The topological polar surface area (TPSA) is 66.9 Å². The highest BCUT2D eigenvalue weighted by atomic mass is 35.5. The van der Waals surface area contributed by atoms with Crippen LogP contribution < -0.4 is 10.6 Å². The van der Waals surface area contributed by atoms with Crippen molar-refractivity contribution in [1.29, 1.82) is 0 Å². The average molecular weight is 185 g/mol. The Morgan fingerprint density at radius 3 is 3.17 bits per heavy atom. The first-order valence-corrected chi connectivity index (χ1v) is 3.68. The van der Waals surface area contributed by atoms with E-state index in [1.807, 2.05) is 0 Å². The molecule has 1 unspecified atom stereocenters. The predicted octanol–water partition coefficient (Wildman–Crippen LogP) is 0.492. The van der Waals surface area contributed by atoms with Crippen molar-refractivity contribution in [2.45, 2.75) is 6.17 Å². The molecule has 0 saturated heterocycles. The number of rotatable bonds is 1. The molecular weight excluding hydrogens is 180 g/mol. The second-order valence-corrected chi connectivity index (χ2v) is 2.64. The largest absolute Gasteiger partial charge is 0.355 e. The highest BCUT2D eigenvalue weighted by Crippen LogP contribution is 2.25. The summed E-state index contributed by atoms with van der Waals surface area (Å²) < 4.78 is 0. The minimum Gasteiger partial charge on any atom is -0.355 e. The van der Waals surface area contributed by atoms with E-state index < -0.39 is 6.17 Å². The van der Waals surface area contributed by atoms with Crippen LogP contribution in [0, 0.1) is 0 Å². The number of hydrogen-bond donors (Lipinski definition) is 2. The first-order chi connectivity index (χ1) is 5.79. The van der Waals surface area contributed by atoms with E-state index in [0.29, 0.717) is 11.5 Å². The molecule has 0 aliphatic carbocycles. The number of nitrogens with zero attached hydrogens (tertiary/aromatic N) is 2. The van der Waals surface area contributed by atoms with Crippen LogP contribution in [0.3, 0.4) is 0 Å². The Kier molecular flexibility index (Phi) is 1.58. The predicted molar refractivity (Wildman–Crippen MR) is 44.1 cm³/mol. The van der Waals surface area contributed by atoms with Crippen molar-refractivity contribution in [3.8, 4) is 0 Å². The highest BCUT2D eigenvalue weighted by molar-refractivity contribution is 6.28. The summed E-state index contributed by atoms with van der Waals surface area (Å²) in [6.07, 6.45) is 1.85. The second kappa shape index (κ2) is 2.60. The molecule has 1 aliphatic heterocycles. The van der Waals surface area contributed by atoms with Crippen molar-refractivity contribution in [3.63, 3.8) is 0 Å². The van der Waals surface area contributed by atoms with E-state index in [0.717, 1.165) is 6.29 Å². The maximum atomic E-state index is 10.4. The standard InChI is InChI=1S/C6H5ClN4O/c7-6-8-1-3-5(11-6)10-4(2-12)9-3/h1-2,4,9H,(H,8,10,11). The molecule has 1 aromatic heterocycles. The molecule has 0 fully saturated rings. The average Bonchev–Trinajstić information content (AvgIpc) is 2.46. The summed E-state index contributed by atoms with van der Waals surface area (Å²) >= 11 is 5.54. The molecule has 0 aromatic carbocycles. The quantitative estimate of drug-likeness (QED) is 0.491. The molecule has 2 heterocycles. The first-order valence-electron chi connectivity index (χ1n) is 3.30. The molecule has 1 aromatic rings. The van der Waals surface area contributed by atoms with Crippen molar-refractivity contribution in [2.24, 2.45) is 0 Å². The normalized spacial score (nSPS) is 19.2. The van der Waals surface area contributed by atoms with Crippen molar-refractivity contribution in [3.05, 3.63) is 11.5 Å². The number of anilines is 2. The summed E-state index contributed by atoms with van der Waals surface area (Å²) in [5, 5.41) is 5.82. The van der Waals surface area contributed by atoms with Gasteiger partial charge in [0.15, 0.2) is 18.3 Å². The molecular formula is C6H5ClN4O. The zero-order valence-corrected chi connectivity index (χ0v) is 6.67. The number of fused-ring (bicyclic) bond motifs is 1. The summed E-state index contributed by atoms with van der Waals surface area (Å²) in [6.45, 7) is 0. The van der Waals surface area contributed by atoms with Crippen LogP contribution in [0.25, 0.3) is 0 Å². The molecule has 0 radical (unpaired) electrons. The molecule has 6 heteroatoms. The van der Waals surface area contributed by atoms with Gasteiger partial charge in [-0.3, -0.25) is 4.79 Å².